The molecule has 0 atom stereocenters. The van der Waals surface area contributed by atoms with Gasteiger partial charge in [-0.25, -0.2) is 0 Å². The van der Waals surface area contributed by atoms with E-state index < -0.39 is 0 Å². The van der Waals surface area contributed by atoms with E-state index in [0.717, 1.165) is 5.56 Å². The number of hydrogen-bond acceptors (Lipinski definition) is 2. The first kappa shape index (κ1) is 14.9. The highest BCUT2D eigenvalue weighted by Gasteiger charge is 2.07. The Morgan fingerprint density at radius 2 is 1.65 bits per heavy atom. The Labute approximate surface area is 125 Å². The van der Waals surface area contributed by atoms with Gasteiger partial charge in [-0.2, -0.15) is 0 Å². The van der Waals surface area contributed by atoms with Gasteiger partial charge in [0.25, 0.3) is 0 Å². The minimum absolute atomic E-state index is 0.281. The van der Waals surface area contributed by atoms with Crippen LogP contribution in [-0.2, 0) is 11.2 Å². The normalized spacial score (nSPS) is 10.6. The van der Waals surface area contributed by atoms with E-state index >= 15 is 0 Å². The van der Waals surface area contributed by atoms with E-state index in [1.165, 1.54) is 21.6 Å². The fourth-order valence-electron chi connectivity index (χ4n) is 2.33. The molecule has 0 aliphatic rings. The Hall–Kier alpha value is -1.54. The van der Waals surface area contributed by atoms with E-state index in [-0.39, 0.29) is 5.78 Å². The predicted molar refractivity (Wildman–Crippen MR) is 86.5 cm³/mol. The second kappa shape index (κ2) is 6.76. The van der Waals surface area contributed by atoms with E-state index in [4.69, 9.17) is 0 Å². The van der Waals surface area contributed by atoms with Gasteiger partial charge >= 0.3 is 0 Å². The maximum atomic E-state index is 12.1. The Kier molecular flexibility index (Phi) is 5.02. The zero-order valence-electron chi connectivity index (χ0n) is 12.3. The second-order valence-electron chi connectivity index (χ2n) is 5.27. The first-order valence-electron chi connectivity index (χ1n) is 6.82. The van der Waals surface area contributed by atoms with Gasteiger partial charge in [0.2, 0.25) is 0 Å². The predicted octanol–water partition coefficient (Wildman–Crippen LogP) is 4.52. The van der Waals surface area contributed by atoms with Crippen LogP contribution in [0.1, 0.15) is 22.3 Å². The maximum absolute atomic E-state index is 12.1. The van der Waals surface area contributed by atoms with Crippen molar-refractivity contribution in [2.45, 2.75) is 32.1 Å². The molecule has 2 heteroatoms. The third kappa shape index (κ3) is 4.24. The van der Waals surface area contributed by atoms with Crippen molar-refractivity contribution in [2.24, 2.45) is 0 Å². The van der Waals surface area contributed by atoms with Crippen molar-refractivity contribution in [3.05, 3.63) is 64.7 Å². The average Bonchev–Trinajstić information content (AvgIpc) is 2.36. The molecule has 0 bridgehead atoms. The van der Waals surface area contributed by atoms with Crippen molar-refractivity contribution in [2.75, 3.05) is 5.75 Å². The highest BCUT2D eigenvalue weighted by atomic mass is 32.2. The molecular weight excluding hydrogens is 264 g/mol. The van der Waals surface area contributed by atoms with E-state index in [2.05, 4.69) is 51.1 Å². The number of rotatable bonds is 5. The number of hydrogen-bond donors (Lipinski definition) is 0. The van der Waals surface area contributed by atoms with Crippen LogP contribution in [0.3, 0.4) is 0 Å². The minimum atomic E-state index is 0.281. The summed E-state index contributed by atoms with van der Waals surface area (Å²) in [7, 11) is 0. The van der Waals surface area contributed by atoms with Gasteiger partial charge in [-0.15, -0.1) is 11.8 Å². The molecule has 2 aromatic rings. The fourth-order valence-corrected chi connectivity index (χ4v) is 3.22. The lowest BCUT2D eigenvalue weighted by Crippen LogP contribution is -2.06. The first-order chi connectivity index (χ1) is 9.54. The van der Waals surface area contributed by atoms with Crippen molar-refractivity contribution in [1.82, 2.24) is 0 Å². The summed E-state index contributed by atoms with van der Waals surface area (Å²) in [5.41, 5.74) is 4.80. The molecule has 0 aliphatic heterocycles. The van der Waals surface area contributed by atoms with Gasteiger partial charge in [0.1, 0.15) is 5.78 Å². The number of carbonyl (C=O) groups excluding carboxylic acids is 1. The standard InChI is InChI=1S/C18H20OS/c1-13-8-14(2)10-16(9-13)11-17(19)12-20-18-7-5-4-6-15(18)3/h4-10H,11-12H2,1-3H3. The molecule has 2 aromatic carbocycles. The molecule has 2 rings (SSSR count). The molecule has 0 saturated heterocycles. The zero-order chi connectivity index (χ0) is 14.5. The van der Waals surface area contributed by atoms with Crippen LogP contribution < -0.4 is 0 Å². The molecule has 104 valence electrons. The van der Waals surface area contributed by atoms with Gasteiger partial charge in [0, 0.05) is 11.3 Å². The van der Waals surface area contributed by atoms with E-state index in [0.29, 0.717) is 12.2 Å². The lowest BCUT2D eigenvalue weighted by atomic mass is 10.0. The smallest absolute Gasteiger partial charge is 0.147 e. The van der Waals surface area contributed by atoms with Crippen LogP contribution in [-0.4, -0.2) is 11.5 Å². The van der Waals surface area contributed by atoms with Crippen molar-refractivity contribution < 1.29 is 4.79 Å². The Balaban J connectivity index is 1.94. The monoisotopic (exact) mass is 284 g/mol. The molecule has 0 heterocycles. The summed E-state index contributed by atoms with van der Waals surface area (Å²) in [4.78, 5) is 13.3. The second-order valence-corrected chi connectivity index (χ2v) is 6.28. The Bertz CT molecular complexity index is 596. The van der Waals surface area contributed by atoms with Crippen LogP contribution in [0.2, 0.25) is 0 Å². The molecule has 0 saturated carbocycles. The number of aryl methyl sites for hydroxylation is 3. The van der Waals surface area contributed by atoms with Gasteiger partial charge in [-0.3, -0.25) is 4.79 Å². The van der Waals surface area contributed by atoms with Crippen molar-refractivity contribution in [3.63, 3.8) is 0 Å². The number of carbonyl (C=O) groups is 1. The molecule has 0 spiro atoms. The average molecular weight is 284 g/mol. The van der Waals surface area contributed by atoms with Gasteiger partial charge in [0.15, 0.2) is 0 Å². The van der Waals surface area contributed by atoms with Gasteiger partial charge < -0.3 is 0 Å². The quantitative estimate of drug-likeness (QED) is 0.751. The highest BCUT2D eigenvalue weighted by Crippen LogP contribution is 2.22. The van der Waals surface area contributed by atoms with Gasteiger partial charge in [-0.05, 0) is 38.0 Å². The van der Waals surface area contributed by atoms with Crippen LogP contribution in [0.5, 0.6) is 0 Å². The summed E-state index contributed by atoms with van der Waals surface area (Å²) in [6.45, 7) is 6.23. The third-order valence-corrected chi connectivity index (χ3v) is 4.40. The lowest BCUT2D eigenvalue weighted by molar-refractivity contribution is -0.116. The van der Waals surface area contributed by atoms with Crippen LogP contribution in [0.25, 0.3) is 0 Å². The number of benzene rings is 2. The maximum Gasteiger partial charge on any atom is 0.147 e. The fraction of sp³-hybridized carbons (Fsp3) is 0.278. The molecular formula is C18H20OS. The van der Waals surface area contributed by atoms with Crippen LogP contribution >= 0.6 is 11.8 Å². The summed E-state index contributed by atoms with van der Waals surface area (Å²) in [6, 6.07) is 14.5. The first-order valence-corrected chi connectivity index (χ1v) is 7.80. The van der Waals surface area contributed by atoms with Gasteiger partial charge in [-0.1, -0.05) is 47.5 Å². The number of ketones is 1. The molecule has 0 aliphatic carbocycles. The Morgan fingerprint density at radius 3 is 2.30 bits per heavy atom. The molecule has 0 aromatic heterocycles. The SMILES string of the molecule is Cc1cc(C)cc(CC(=O)CSc2ccccc2C)c1. The molecule has 0 unspecified atom stereocenters. The van der Waals surface area contributed by atoms with Gasteiger partial charge in [0.05, 0.1) is 5.75 Å². The van der Waals surface area contributed by atoms with E-state index in [1.54, 1.807) is 11.8 Å². The van der Waals surface area contributed by atoms with Crippen LogP contribution in [0, 0.1) is 20.8 Å². The number of Topliss-reactive ketones (excluding diaryl/α,β-unsaturated/α-hetero) is 1. The highest BCUT2D eigenvalue weighted by molar-refractivity contribution is 8.00. The zero-order valence-corrected chi connectivity index (χ0v) is 13.1. The topological polar surface area (TPSA) is 17.1 Å². The summed E-state index contributed by atoms with van der Waals surface area (Å²) < 4.78 is 0. The third-order valence-electron chi connectivity index (χ3n) is 3.17. The Morgan fingerprint density at radius 1 is 1.00 bits per heavy atom. The summed E-state index contributed by atoms with van der Waals surface area (Å²) in [5, 5.41) is 0. The molecule has 20 heavy (non-hydrogen) atoms. The summed E-state index contributed by atoms with van der Waals surface area (Å²) in [6.07, 6.45) is 0.529. The molecule has 0 N–H and O–H groups in total. The summed E-state index contributed by atoms with van der Waals surface area (Å²) >= 11 is 1.63. The molecule has 0 fully saturated rings. The van der Waals surface area contributed by atoms with Crippen LogP contribution in [0.15, 0.2) is 47.4 Å². The summed E-state index contributed by atoms with van der Waals surface area (Å²) in [5.74, 6) is 0.820. The lowest BCUT2D eigenvalue weighted by Gasteiger charge is -2.06. The molecule has 0 amide bonds. The largest absolute Gasteiger partial charge is 0.298 e. The molecule has 1 nitrogen and oxygen atoms in total. The van der Waals surface area contributed by atoms with Crippen LogP contribution in [0.4, 0.5) is 0 Å². The molecule has 0 radical (unpaired) electrons. The van der Waals surface area contributed by atoms with E-state index in [9.17, 15) is 4.79 Å². The number of thioether (sulfide) groups is 1. The van der Waals surface area contributed by atoms with Crippen molar-refractivity contribution in [1.29, 1.82) is 0 Å². The van der Waals surface area contributed by atoms with Crippen molar-refractivity contribution in [3.8, 4) is 0 Å². The van der Waals surface area contributed by atoms with E-state index in [1.807, 2.05) is 12.1 Å². The minimum Gasteiger partial charge on any atom is -0.298 e. The van der Waals surface area contributed by atoms with Crippen molar-refractivity contribution >= 4 is 17.5 Å².